The molecule has 1 aliphatic heterocycles. The van der Waals surface area contributed by atoms with Gasteiger partial charge in [-0.2, -0.15) is 4.57 Å². The average molecular weight is 473 g/mol. The van der Waals surface area contributed by atoms with Crippen LogP contribution in [0.4, 0.5) is 0 Å². The third kappa shape index (κ3) is 4.72. The van der Waals surface area contributed by atoms with Crippen molar-refractivity contribution in [1.29, 1.82) is 0 Å². The van der Waals surface area contributed by atoms with E-state index < -0.39 is 17.1 Å². The molecule has 1 saturated carbocycles. The monoisotopic (exact) mass is 472 g/mol. The first-order valence-corrected chi connectivity index (χ1v) is 11.8. The van der Waals surface area contributed by atoms with Gasteiger partial charge in [0.2, 0.25) is 11.5 Å². The summed E-state index contributed by atoms with van der Waals surface area (Å²) in [5.74, 6) is -0.976. The van der Waals surface area contributed by atoms with Crippen LogP contribution in [0.3, 0.4) is 0 Å². The van der Waals surface area contributed by atoms with Gasteiger partial charge in [-0.05, 0) is 45.6 Å². The molecule has 2 fully saturated rings. The molecule has 0 spiro atoms. The molecule has 10 nitrogen and oxygen atoms in total. The van der Waals surface area contributed by atoms with Crippen molar-refractivity contribution in [3.8, 4) is 5.88 Å². The number of rotatable bonds is 6. The lowest BCUT2D eigenvalue weighted by Gasteiger charge is -2.37. The molecule has 3 N–H and O–H groups in total. The highest BCUT2D eigenvalue weighted by Gasteiger charge is 2.35. The van der Waals surface area contributed by atoms with E-state index in [0.717, 1.165) is 12.8 Å². The van der Waals surface area contributed by atoms with Gasteiger partial charge >= 0.3 is 17.1 Å². The van der Waals surface area contributed by atoms with Crippen LogP contribution in [0.25, 0.3) is 11.7 Å². The molecule has 2 aromatic heterocycles. The Labute approximate surface area is 198 Å². The van der Waals surface area contributed by atoms with Crippen LogP contribution in [0, 0.1) is 12.8 Å². The zero-order chi connectivity index (χ0) is 24.8. The van der Waals surface area contributed by atoms with E-state index in [1.807, 2.05) is 27.7 Å². The summed E-state index contributed by atoms with van der Waals surface area (Å²) >= 11 is 0. The molecule has 2 amide bonds. The van der Waals surface area contributed by atoms with Crippen molar-refractivity contribution in [1.82, 2.24) is 19.8 Å². The topological polar surface area (TPSA) is 120 Å². The van der Waals surface area contributed by atoms with Gasteiger partial charge in [0.05, 0.1) is 30.0 Å². The molecule has 0 atom stereocenters. The number of amides is 2. The molecule has 184 valence electrons. The fraction of sp³-hybridized carbons (Fsp3) is 0.583. The molecule has 2 aromatic rings. The van der Waals surface area contributed by atoms with E-state index in [4.69, 9.17) is 4.74 Å². The molecule has 0 unspecified atom stereocenters. The standard InChI is InChI=1S/C24H33N5O5/c1-14(2)12-28-21-17(8-9-18(30)27-10-11-34-24(4,5)13-27)15(3)26-29(21)23(33)19(22(28)32)20(31)25-16-6-7-16/h8-9,14,16H,6-7,10-13H2,1-5H3,(H2,25,31,32,33)/p+1/b9-8+. The predicted molar refractivity (Wildman–Crippen MR) is 126 cm³/mol. The maximum atomic E-state index is 13.2. The minimum absolute atomic E-state index is 0.0468. The van der Waals surface area contributed by atoms with Crippen LogP contribution in [0.15, 0.2) is 10.9 Å². The second-order valence-corrected chi connectivity index (χ2v) is 10.3. The highest BCUT2D eigenvalue weighted by molar-refractivity contribution is 5.96. The van der Waals surface area contributed by atoms with E-state index in [0.29, 0.717) is 43.1 Å². The summed E-state index contributed by atoms with van der Waals surface area (Å²) in [5.41, 5.74) is 0.323. The first-order valence-electron chi connectivity index (χ1n) is 11.8. The Hall–Kier alpha value is -3.14. The summed E-state index contributed by atoms with van der Waals surface area (Å²) in [6.07, 6.45) is 4.87. The van der Waals surface area contributed by atoms with Crippen LogP contribution in [-0.2, 0) is 16.1 Å². The number of fused-ring (bicyclic) bond motifs is 1. The fourth-order valence-corrected chi connectivity index (χ4v) is 4.31. The summed E-state index contributed by atoms with van der Waals surface area (Å²) in [4.78, 5) is 40.6. The van der Waals surface area contributed by atoms with E-state index in [2.05, 4.69) is 10.4 Å². The van der Waals surface area contributed by atoms with Gasteiger partial charge in [-0.1, -0.05) is 18.4 Å². The van der Waals surface area contributed by atoms with Crippen molar-refractivity contribution >= 4 is 23.5 Å². The van der Waals surface area contributed by atoms with Crippen LogP contribution >= 0.6 is 0 Å². The van der Waals surface area contributed by atoms with Crippen molar-refractivity contribution in [3.63, 3.8) is 0 Å². The summed E-state index contributed by atoms with van der Waals surface area (Å²) in [5, 5.41) is 16.9. The number of aromatic nitrogens is 3. The van der Waals surface area contributed by atoms with Crippen molar-refractivity contribution in [3.05, 3.63) is 33.3 Å². The average Bonchev–Trinajstić information content (AvgIpc) is 3.49. The lowest BCUT2D eigenvalue weighted by atomic mass is 10.1. The first kappa shape index (κ1) is 24.0. The number of ether oxygens (including phenoxy) is 1. The van der Waals surface area contributed by atoms with Crippen LogP contribution < -0.4 is 15.4 Å². The van der Waals surface area contributed by atoms with E-state index >= 15 is 0 Å². The molecule has 4 rings (SSSR count). The molecule has 1 saturated heterocycles. The summed E-state index contributed by atoms with van der Waals surface area (Å²) in [7, 11) is 0. The van der Waals surface area contributed by atoms with Crippen molar-refractivity contribution in [2.24, 2.45) is 5.92 Å². The number of aryl methyl sites for hydroxylation is 1. The van der Waals surface area contributed by atoms with Gasteiger partial charge < -0.3 is 20.1 Å². The highest BCUT2D eigenvalue weighted by Crippen LogP contribution is 2.22. The Balaban J connectivity index is 1.78. The van der Waals surface area contributed by atoms with Crippen molar-refractivity contribution in [2.45, 2.75) is 65.6 Å². The van der Waals surface area contributed by atoms with Crippen molar-refractivity contribution < 1.29 is 24.0 Å². The third-order valence-corrected chi connectivity index (χ3v) is 6.11. The first-order chi connectivity index (χ1) is 16.0. The number of nitrogens with one attached hydrogen (secondary N) is 2. The molecule has 0 bridgehead atoms. The third-order valence-electron chi connectivity index (χ3n) is 6.11. The summed E-state index contributed by atoms with van der Waals surface area (Å²) in [6.45, 7) is 11.5. The van der Waals surface area contributed by atoms with Gasteiger partial charge in [0, 0.05) is 25.2 Å². The fourth-order valence-electron chi connectivity index (χ4n) is 4.31. The maximum Gasteiger partial charge on any atom is 0.378 e. The quantitative estimate of drug-likeness (QED) is 0.430. The minimum atomic E-state index is -0.630. The molecule has 0 radical (unpaired) electrons. The zero-order valence-corrected chi connectivity index (χ0v) is 20.5. The SMILES string of the molecule is Cc1[nH]n2c(=O)c(C(=O)NC3CC3)c(O)[n+](CC(C)C)c2c1/C=C/C(=O)N1CCOC(C)(C)C1. The summed E-state index contributed by atoms with van der Waals surface area (Å²) in [6, 6.07) is 0.0468. The van der Waals surface area contributed by atoms with E-state index in [-0.39, 0.29) is 29.3 Å². The molecule has 34 heavy (non-hydrogen) atoms. The van der Waals surface area contributed by atoms with E-state index in [1.54, 1.807) is 22.5 Å². The van der Waals surface area contributed by atoms with E-state index in [1.165, 1.54) is 10.6 Å². The number of hydrogen-bond donors (Lipinski definition) is 3. The summed E-state index contributed by atoms with van der Waals surface area (Å²) < 4.78 is 8.53. The number of hydrogen-bond acceptors (Lipinski definition) is 5. The molecule has 2 aliphatic rings. The second kappa shape index (κ2) is 8.90. The van der Waals surface area contributed by atoms with Gasteiger partial charge in [0.25, 0.3) is 5.91 Å². The smallest absolute Gasteiger partial charge is 0.378 e. The van der Waals surface area contributed by atoms with Crippen LogP contribution in [0.5, 0.6) is 5.88 Å². The molecule has 3 heterocycles. The van der Waals surface area contributed by atoms with Gasteiger partial charge in [-0.25, -0.2) is 9.89 Å². The Kier molecular flexibility index (Phi) is 6.28. The number of aromatic amines is 1. The molecule has 1 aliphatic carbocycles. The lowest BCUT2D eigenvalue weighted by Crippen LogP contribution is -2.50. The zero-order valence-electron chi connectivity index (χ0n) is 20.5. The van der Waals surface area contributed by atoms with Gasteiger partial charge in [-0.15, -0.1) is 0 Å². The number of carbonyl (C=O) groups excluding carboxylic acids is 2. The van der Waals surface area contributed by atoms with Crippen LogP contribution in [-0.4, -0.2) is 62.8 Å². The lowest BCUT2D eigenvalue weighted by molar-refractivity contribution is -0.686. The molecular formula is C24H34N5O5+. The second-order valence-electron chi connectivity index (χ2n) is 10.3. The Morgan fingerprint density at radius 3 is 2.68 bits per heavy atom. The highest BCUT2D eigenvalue weighted by atomic mass is 16.5. The van der Waals surface area contributed by atoms with Crippen LogP contribution in [0.2, 0.25) is 0 Å². The predicted octanol–water partition coefficient (Wildman–Crippen LogP) is 1.13. The number of carbonyl (C=O) groups is 2. The maximum absolute atomic E-state index is 13.2. The molecule has 10 heteroatoms. The number of morpholine rings is 1. The van der Waals surface area contributed by atoms with Gasteiger partial charge in [0.1, 0.15) is 0 Å². The molecular weight excluding hydrogens is 438 g/mol. The van der Waals surface area contributed by atoms with E-state index in [9.17, 15) is 19.5 Å². The normalized spacial score (nSPS) is 18.2. The number of aromatic hydroxyl groups is 1. The molecule has 0 aromatic carbocycles. The van der Waals surface area contributed by atoms with Crippen LogP contribution in [0.1, 0.15) is 62.2 Å². The Morgan fingerprint density at radius 1 is 1.35 bits per heavy atom. The van der Waals surface area contributed by atoms with Gasteiger partial charge in [0.15, 0.2) is 0 Å². The Bertz CT molecular complexity index is 1220. The number of H-pyrrole nitrogens is 1. The number of nitrogens with zero attached hydrogens (tertiary/aromatic N) is 3. The minimum Gasteiger partial charge on any atom is -0.477 e. The largest absolute Gasteiger partial charge is 0.477 e. The van der Waals surface area contributed by atoms with Gasteiger partial charge in [-0.3, -0.25) is 9.59 Å². The van der Waals surface area contributed by atoms with Crippen molar-refractivity contribution in [2.75, 3.05) is 19.7 Å². The Morgan fingerprint density at radius 2 is 2.06 bits per heavy atom.